The Hall–Kier alpha value is -2.07. The first-order valence-corrected chi connectivity index (χ1v) is 7.08. The number of carbonyl (C=O) groups excluding carboxylic acids is 1. The Labute approximate surface area is 123 Å². The Morgan fingerprint density at radius 2 is 2.14 bits per heavy atom. The van der Waals surface area contributed by atoms with E-state index in [1.54, 1.807) is 0 Å². The average Bonchev–Trinajstić information content (AvgIpc) is 2.89. The van der Waals surface area contributed by atoms with Gasteiger partial charge in [0, 0.05) is 11.8 Å². The van der Waals surface area contributed by atoms with Crippen LogP contribution in [-0.2, 0) is 20.9 Å². The Kier molecular flexibility index (Phi) is 3.80. The molecule has 21 heavy (non-hydrogen) atoms. The number of benzene rings is 1. The van der Waals surface area contributed by atoms with E-state index in [1.807, 2.05) is 43.3 Å². The van der Waals surface area contributed by atoms with Crippen molar-refractivity contribution >= 4 is 5.97 Å². The maximum Gasteiger partial charge on any atom is 0.337 e. The predicted octanol–water partition coefficient (Wildman–Crippen LogP) is 2.54. The second-order valence-electron chi connectivity index (χ2n) is 5.48. The van der Waals surface area contributed by atoms with Crippen molar-refractivity contribution in [3.63, 3.8) is 0 Å². The van der Waals surface area contributed by atoms with E-state index in [0.29, 0.717) is 5.57 Å². The van der Waals surface area contributed by atoms with Gasteiger partial charge in [-0.05, 0) is 18.9 Å². The summed E-state index contributed by atoms with van der Waals surface area (Å²) in [6.45, 7) is 2.19. The zero-order valence-corrected chi connectivity index (χ0v) is 11.9. The van der Waals surface area contributed by atoms with E-state index in [-0.39, 0.29) is 24.4 Å². The van der Waals surface area contributed by atoms with Crippen LogP contribution in [0.1, 0.15) is 18.9 Å². The molecule has 3 atom stereocenters. The summed E-state index contributed by atoms with van der Waals surface area (Å²) in [5, 5.41) is 9.90. The molecule has 1 aromatic carbocycles. The molecule has 4 nitrogen and oxygen atoms in total. The van der Waals surface area contributed by atoms with Gasteiger partial charge >= 0.3 is 5.97 Å². The fourth-order valence-corrected chi connectivity index (χ4v) is 2.98. The molecule has 110 valence electrons. The van der Waals surface area contributed by atoms with Crippen molar-refractivity contribution in [3.05, 3.63) is 59.4 Å². The van der Waals surface area contributed by atoms with E-state index in [9.17, 15) is 9.90 Å². The number of carbonyl (C=O) groups is 1. The maximum atomic E-state index is 12.3. The van der Waals surface area contributed by atoms with Crippen molar-refractivity contribution < 1.29 is 19.4 Å². The molecular formula is C17H18O4. The van der Waals surface area contributed by atoms with E-state index in [4.69, 9.17) is 9.47 Å². The average molecular weight is 286 g/mol. The van der Waals surface area contributed by atoms with E-state index in [2.05, 4.69) is 0 Å². The molecule has 1 aliphatic carbocycles. The third-order valence-electron chi connectivity index (χ3n) is 4.14. The van der Waals surface area contributed by atoms with Crippen LogP contribution in [0.4, 0.5) is 0 Å². The predicted molar refractivity (Wildman–Crippen MR) is 76.8 cm³/mol. The highest BCUT2D eigenvalue weighted by molar-refractivity contribution is 5.89. The fourth-order valence-electron chi connectivity index (χ4n) is 2.98. The molecule has 0 bridgehead atoms. The van der Waals surface area contributed by atoms with Crippen LogP contribution >= 0.6 is 0 Å². The lowest BCUT2D eigenvalue weighted by atomic mass is 9.84. The molecule has 0 saturated carbocycles. The van der Waals surface area contributed by atoms with Crippen LogP contribution in [0, 0.1) is 11.8 Å². The number of hydrogen-bond donors (Lipinski definition) is 1. The SMILES string of the molecule is CC1=CC[C@@H]2C(C(=O)OCc3ccccc3)=CO[C@H](O)[C@@H]12. The first-order chi connectivity index (χ1) is 10.2. The fraction of sp³-hybridized carbons (Fsp3) is 0.353. The van der Waals surface area contributed by atoms with Gasteiger partial charge in [-0.3, -0.25) is 0 Å². The Morgan fingerprint density at radius 1 is 1.38 bits per heavy atom. The van der Waals surface area contributed by atoms with E-state index in [0.717, 1.165) is 17.6 Å². The minimum Gasteiger partial charge on any atom is -0.472 e. The van der Waals surface area contributed by atoms with Crippen LogP contribution in [0.25, 0.3) is 0 Å². The molecule has 3 rings (SSSR count). The first-order valence-electron chi connectivity index (χ1n) is 7.08. The lowest BCUT2D eigenvalue weighted by molar-refractivity contribution is -0.145. The van der Waals surface area contributed by atoms with Gasteiger partial charge in [0.2, 0.25) is 6.29 Å². The van der Waals surface area contributed by atoms with Crippen molar-refractivity contribution in [1.82, 2.24) is 0 Å². The molecule has 2 aliphatic rings. The van der Waals surface area contributed by atoms with Crippen molar-refractivity contribution in [3.8, 4) is 0 Å². The van der Waals surface area contributed by atoms with Crippen LogP contribution in [0.3, 0.4) is 0 Å². The number of esters is 1. The summed E-state index contributed by atoms with van der Waals surface area (Å²) in [6.07, 6.45) is 3.26. The van der Waals surface area contributed by atoms with Gasteiger partial charge in [0.15, 0.2) is 0 Å². The lowest BCUT2D eigenvalue weighted by Crippen LogP contribution is -2.34. The topological polar surface area (TPSA) is 55.8 Å². The minimum atomic E-state index is -0.876. The van der Waals surface area contributed by atoms with Crippen molar-refractivity contribution in [2.24, 2.45) is 11.8 Å². The molecular weight excluding hydrogens is 268 g/mol. The number of aliphatic hydroxyl groups is 1. The largest absolute Gasteiger partial charge is 0.472 e. The van der Waals surface area contributed by atoms with Gasteiger partial charge in [-0.2, -0.15) is 0 Å². The minimum absolute atomic E-state index is 0.0444. The second-order valence-corrected chi connectivity index (χ2v) is 5.48. The van der Waals surface area contributed by atoms with Crippen LogP contribution in [-0.4, -0.2) is 17.4 Å². The van der Waals surface area contributed by atoms with Crippen molar-refractivity contribution in [2.45, 2.75) is 26.2 Å². The highest BCUT2D eigenvalue weighted by Gasteiger charge is 2.42. The normalized spacial score (nSPS) is 27.2. The summed E-state index contributed by atoms with van der Waals surface area (Å²) in [7, 11) is 0. The summed E-state index contributed by atoms with van der Waals surface area (Å²) in [6, 6.07) is 9.55. The first kappa shape index (κ1) is 13.9. The molecule has 0 spiro atoms. The Balaban J connectivity index is 1.68. The van der Waals surface area contributed by atoms with Crippen LogP contribution < -0.4 is 0 Å². The van der Waals surface area contributed by atoms with Crippen LogP contribution in [0.15, 0.2) is 53.8 Å². The quantitative estimate of drug-likeness (QED) is 0.685. The standard InChI is InChI=1S/C17H18O4/c1-11-7-8-13-14(10-21-17(19)15(11)13)16(18)20-9-12-5-3-2-4-6-12/h2-7,10,13,15,17,19H,8-9H2,1H3/t13-,15+,17+/m1/s1. The third-order valence-corrected chi connectivity index (χ3v) is 4.14. The van der Waals surface area contributed by atoms with Crippen molar-refractivity contribution in [1.29, 1.82) is 0 Å². The highest BCUT2D eigenvalue weighted by atomic mass is 16.6. The van der Waals surface area contributed by atoms with Gasteiger partial charge in [0.05, 0.1) is 11.8 Å². The van der Waals surface area contributed by atoms with Crippen molar-refractivity contribution in [2.75, 3.05) is 0 Å². The van der Waals surface area contributed by atoms with E-state index < -0.39 is 6.29 Å². The Morgan fingerprint density at radius 3 is 2.90 bits per heavy atom. The van der Waals surface area contributed by atoms with E-state index >= 15 is 0 Å². The number of fused-ring (bicyclic) bond motifs is 1. The zero-order chi connectivity index (χ0) is 14.8. The molecule has 0 radical (unpaired) electrons. The summed E-state index contributed by atoms with van der Waals surface area (Å²) >= 11 is 0. The lowest BCUT2D eigenvalue weighted by Gasteiger charge is -2.31. The van der Waals surface area contributed by atoms with Gasteiger partial charge in [-0.1, -0.05) is 42.0 Å². The van der Waals surface area contributed by atoms with Gasteiger partial charge in [0.25, 0.3) is 0 Å². The molecule has 0 aromatic heterocycles. The molecule has 0 amide bonds. The van der Waals surface area contributed by atoms with Gasteiger partial charge < -0.3 is 14.6 Å². The third kappa shape index (κ3) is 2.72. The Bertz CT molecular complexity index is 588. The van der Waals surface area contributed by atoms with Crippen LogP contribution in [0.5, 0.6) is 0 Å². The summed E-state index contributed by atoms with van der Waals surface area (Å²) in [5.41, 5.74) is 2.52. The number of ether oxygens (including phenoxy) is 2. The number of aliphatic hydroxyl groups excluding tert-OH is 1. The van der Waals surface area contributed by atoms with Crippen LogP contribution in [0.2, 0.25) is 0 Å². The summed E-state index contributed by atoms with van der Waals surface area (Å²) in [4.78, 5) is 12.3. The number of allylic oxidation sites excluding steroid dienone is 1. The second kappa shape index (κ2) is 5.74. The highest BCUT2D eigenvalue weighted by Crippen LogP contribution is 2.42. The molecule has 1 N–H and O–H groups in total. The molecule has 1 aliphatic heterocycles. The molecule has 0 unspecified atom stereocenters. The van der Waals surface area contributed by atoms with Gasteiger partial charge in [-0.25, -0.2) is 4.79 Å². The summed E-state index contributed by atoms with van der Waals surface area (Å²) < 4.78 is 10.6. The molecule has 0 fully saturated rings. The molecule has 0 saturated heterocycles. The van der Waals surface area contributed by atoms with E-state index in [1.165, 1.54) is 6.26 Å². The smallest absolute Gasteiger partial charge is 0.337 e. The number of rotatable bonds is 3. The number of hydrogen-bond acceptors (Lipinski definition) is 4. The molecule has 1 heterocycles. The molecule has 4 heteroatoms. The maximum absolute atomic E-state index is 12.3. The summed E-state index contributed by atoms with van der Waals surface area (Å²) in [5.74, 6) is -0.560. The van der Waals surface area contributed by atoms with Gasteiger partial charge in [0.1, 0.15) is 6.61 Å². The van der Waals surface area contributed by atoms with Gasteiger partial charge in [-0.15, -0.1) is 0 Å². The molecule has 1 aromatic rings. The monoisotopic (exact) mass is 286 g/mol. The zero-order valence-electron chi connectivity index (χ0n) is 11.9.